The second kappa shape index (κ2) is 13.4. The first-order valence-corrected chi connectivity index (χ1v) is 16.5. The summed E-state index contributed by atoms with van der Waals surface area (Å²) in [6.45, 7) is 6.50. The van der Waals surface area contributed by atoms with E-state index in [1.165, 1.54) is 55.8 Å². The molecule has 44 heavy (non-hydrogen) atoms. The van der Waals surface area contributed by atoms with Crippen molar-refractivity contribution in [3.05, 3.63) is 88.7 Å². The Morgan fingerprint density at radius 3 is 2.27 bits per heavy atom. The van der Waals surface area contributed by atoms with Gasteiger partial charge in [-0.1, -0.05) is 43.2 Å². The Bertz CT molecular complexity index is 1460. The first-order valence-electron chi connectivity index (χ1n) is 16.5. The molecule has 7 heteroatoms. The van der Waals surface area contributed by atoms with Crippen LogP contribution in [0.25, 0.3) is 0 Å². The van der Waals surface area contributed by atoms with Crippen LogP contribution in [0.2, 0.25) is 0 Å². The third-order valence-electron chi connectivity index (χ3n) is 9.82. The van der Waals surface area contributed by atoms with Gasteiger partial charge < -0.3 is 20.4 Å². The van der Waals surface area contributed by atoms with Gasteiger partial charge in [0.15, 0.2) is 0 Å². The van der Waals surface area contributed by atoms with Gasteiger partial charge in [0.2, 0.25) is 5.91 Å². The molecule has 2 aliphatic heterocycles. The summed E-state index contributed by atoms with van der Waals surface area (Å²) in [5, 5.41) is 6.80. The van der Waals surface area contributed by atoms with Crippen LogP contribution in [0.5, 0.6) is 0 Å². The molecule has 2 atom stereocenters. The van der Waals surface area contributed by atoms with Gasteiger partial charge >= 0.3 is 0 Å². The number of carbonyl (C=O) groups is 2. The number of likely N-dealkylation sites (tertiary alicyclic amines) is 1. The van der Waals surface area contributed by atoms with Crippen molar-refractivity contribution in [1.82, 2.24) is 4.90 Å². The number of aryl methyl sites for hydroxylation is 2. The standard InChI is InChI=1S/C37H45FN4O2/c1-25-14-17-31(24-33(25)41-20-5-6-21-41)40-34(43)23-28-10-8-22-42(37(44)35-26(2)9-7-13-32(35)38)36(28)27-15-18-30(19-16-27)39-29-11-3-4-12-29/h7,9,13-19,24,28-29,36,39H,3-6,8,10-12,20-23H2,1-2H3,(H,40,43)/t28-,36+/m1/s1. The van der Waals surface area contributed by atoms with Gasteiger partial charge in [0.1, 0.15) is 5.82 Å². The summed E-state index contributed by atoms with van der Waals surface area (Å²) in [6, 6.07) is 19.4. The molecule has 3 aliphatic rings. The molecule has 0 unspecified atom stereocenters. The van der Waals surface area contributed by atoms with Gasteiger partial charge in [0.05, 0.1) is 11.6 Å². The maximum atomic E-state index is 15.0. The van der Waals surface area contributed by atoms with Crippen LogP contribution in [0.1, 0.15) is 90.9 Å². The minimum absolute atomic E-state index is 0.0629. The number of nitrogens with one attached hydrogen (secondary N) is 2. The van der Waals surface area contributed by atoms with Gasteiger partial charge in [-0.2, -0.15) is 0 Å². The molecule has 0 bridgehead atoms. The highest BCUT2D eigenvalue weighted by atomic mass is 19.1. The minimum Gasteiger partial charge on any atom is -0.382 e. The van der Waals surface area contributed by atoms with E-state index in [0.29, 0.717) is 18.2 Å². The summed E-state index contributed by atoms with van der Waals surface area (Å²) < 4.78 is 15.0. The first kappa shape index (κ1) is 30.2. The van der Waals surface area contributed by atoms with E-state index >= 15 is 4.39 Å². The maximum absolute atomic E-state index is 15.0. The van der Waals surface area contributed by atoms with Crippen molar-refractivity contribution >= 4 is 28.9 Å². The van der Waals surface area contributed by atoms with E-state index in [2.05, 4.69) is 58.9 Å². The number of halogens is 1. The Labute approximate surface area is 261 Å². The number of hydrogen-bond donors (Lipinski definition) is 2. The highest BCUT2D eigenvalue weighted by Gasteiger charge is 2.38. The molecule has 6 rings (SSSR count). The Morgan fingerprint density at radius 1 is 0.818 bits per heavy atom. The molecule has 0 spiro atoms. The van der Waals surface area contributed by atoms with Crippen LogP contribution < -0.4 is 15.5 Å². The third kappa shape index (κ3) is 6.62. The lowest BCUT2D eigenvalue weighted by atomic mass is 9.81. The van der Waals surface area contributed by atoms with Crippen LogP contribution in [0.3, 0.4) is 0 Å². The van der Waals surface area contributed by atoms with Crippen molar-refractivity contribution < 1.29 is 14.0 Å². The number of benzene rings is 3. The number of anilines is 3. The molecule has 1 saturated carbocycles. The molecule has 0 aromatic heterocycles. The van der Waals surface area contributed by atoms with Gasteiger partial charge in [-0.3, -0.25) is 9.59 Å². The van der Waals surface area contributed by atoms with E-state index in [1.54, 1.807) is 19.1 Å². The fraction of sp³-hybridized carbons (Fsp3) is 0.459. The number of hydrogen-bond acceptors (Lipinski definition) is 4. The van der Waals surface area contributed by atoms with Crippen LogP contribution in [0, 0.1) is 25.6 Å². The predicted octanol–water partition coefficient (Wildman–Crippen LogP) is 8.02. The molecular weight excluding hydrogens is 551 g/mol. The number of rotatable bonds is 8. The molecule has 3 aromatic rings. The van der Waals surface area contributed by atoms with Gasteiger partial charge in [-0.05, 0) is 105 Å². The van der Waals surface area contributed by atoms with Crippen molar-refractivity contribution in [2.75, 3.05) is 35.2 Å². The van der Waals surface area contributed by atoms with E-state index in [1.807, 2.05) is 11.0 Å². The molecule has 2 heterocycles. The molecule has 6 nitrogen and oxygen atoms in total. The summed E-state index contributed by atoms with van der Waals surface area (Å²) in [5.74, 6) is -0.973. The SMILES string of the molecule is Cc1ccc(NC(=O)C[C@H]2CCCN(C(=O)c3c(C)cccc3F)[C@H]2c2ccc(NC3CCCC3)cc2)cc1N1CCCC1. The van der Waals surface area contributed by atoms with Gasteiger partial charge in [0, 0.05) is 49.2 Å². The second-order valence-corrected chi connectivity index (χ2v) is 13.0. The third-order valence-corrected chi connectivity index (χ3v) is 9.82. The summed E-state index contributed by atoms with van der Waals surface area (Å²) in [7, 11) is 0. The minimum atomic E-state index is -0.502. The Hall–Kier alpha value is -3.87. The van der Waals surface area contributed by atoms with Crippen molar-refractivity contribution in [2.45, 2.75) is 83.7 Å². The van der Waals surface area contributed by atoms with Crippen LogP contribution in [-0.4, -0.2) is 42.4 Å². The van der Waals surface area contributed by atoms with Crippen molar-refractivity contribution in [2.24, 2.45) is 5.92 Å². The van der Waals surface area contributed by atoms with Crippen LogP contribution in [0.4, 0.5) is 21.5 Å². The van der Waals surface area contributed by atoms with E-state index < -0.39 is 5.82 Å². The summed E-state index contributed by atoms with van der Waals surface area (Å²) in [6.07, 6.45) is 9.13. The predicted molar refractivity (Wildman–Crippen MR) is 176 cm³/mol. The summed E-state index contributed by atoms with van der Waals surface area (Å²) in [4.78, 5) is 31.8. The molecule has 3 aromatic carbocycles. The Morgan fingerprint density at radius 2 is 1.55 bits per heavy atom. The second-order valence-electron chi connectivity index (χ2n) is 13.0. The number of carbonyl (C=O) groups excluding carboxylic acids is 2. The highest BCUT2D eigenvalue weighted by molar-refractivity contribution is 5.96. The number of nitrogens with zero attached hydrogens (tertiary/aromatic N) is 2. The van der Waals surface area contributed by atoms with E-state index in [-0.39, 0.29) is 35.8 Å². The van der Waals surface area contributed by atoms with Crippen LogP contribution >= 0.6 is 0 Å². The van der Waals surface area contributed by atoms with Crippen molar-refractivity contribution in [3.63, 3.8) is 0 Å². The number of amides is 2. The fourth-order valence-electron chi connectivity index (χ4n) is 7.53. The molecule has 3 fully saturated rings. The van der Waals surface area contributed by atoms with Crippen LogP contribution in [0.15, 0.2) is 60.7 Å². The van der Waals surface area contributed by atoms with E-state index in [4.69, 9.17) is 0 Å². The van der Waals surface area contributed by atoms with Gasteiger partial charge in [-0.15, -0.1) is 0 Å². The molecule has 0 radical (unpaired) electrons. The van der Waals surface area contributed by atoms with Crippen LogP contribution in [-0.2, 0) is 4.79 Å². The highest BCUT2D eigenvalue weighted by Crippen LogP contribution is 2.40. The first-order chi connectivity index (χ1) is 21.4. The molecule has 232 valence electrons. The molecular formula is C37H45FN4O2. The van der Waals surface area contributed by atoms with Crippen molar-refractivity contribution in [1.29, 1.82) is 0 Å². The zero-order valence-electron chi connectivity index (χ0n) is 26.1. The normalized spacial score (nSPS) is 20.6. The average Bonchev–Trinajstić information content (AvgIpc) is 3.74. The lowest BCUT2D eigenvalue weighted by Crippen LogP contribution is -2.44. The number of piperidine rings is 1. The largest absolute Gasteiger partial charge is 0.382 e. The Kier molecular flexibility index (Phi) is 9.20. The topological polar surface area (TPSA) is 64.7 Å². The summed E-state index contributed by atoms with van der Waals surface area (Å²) in [5.41, 5.74) is 5.98. The van der Waals surface area contributed by atoms with Gasteiger partial charge in [0.25, 0.3) is 5.91 Å². The average molecular weight is 597 g/mol. The fourth-order valence-corrected chi connectivity index (χ4v) is 7.53. The molecule has 2 amide bonds. The van der Waals surface area contributed by atoms with E-state index in [0.717, 1.165) is 42.9 Å². The monoisotopic (exact) mass is 596 g/mol. The Balaban J connectivity index is 1.25. The maximum Gasteiger partial charge on any atom is 0.257 e. The molecule has 2 saturated heterocycles. The zero-order valence-corrected chi connectivity index (χ0v) is 26.1. The quantitative estimate of drug-likeness (QED) is 0.276. The summed E-state index contributed by atoms with van der Waals surface area (Å²) >= 11 is 0. The van der Waals surface area contributed by atoms with Gasteiger partial charge in [-0.25, -0.2) is 4.39 Å². The lowest BCUT2D eigenvalue weighted by molar-refractivity contribution is -0.118. The molecule has 2 N–H and O–H groups in total. The lowest BCUT2D eigenvalue weighted by Gasteiger charge is -2.42. The van der Waals surface area contributed by atoms with E-state index in [9.17, 15) is 9.59 Å². The van der Waals surface area contributed by atoms with Crippen molar-refractivity contribution in [3.8, 4) is 0 Å². The zero-order chi connectivity index (χ0) is 30.6. The smallest absolute Gasteiger partial charge is 0.257 e. The molecule has 1 aliphatic carbocycles.